The monoisotopic (exact) mass is 316 g/mol. The zero-order chi connectivity index (χ0) is 16.7. The van der Waals surface area contributed by atoms with Crippen LogP contribution in [-0.4, -0.2) is 31.4 Å². The lowest BCUT2D eigenvalue weighted by atomic mass is 10.2. The molecule has 2 aromatic rings. The number of benzene rings is 2. The molecular weight excluding hydrogens is 296 g/mol. The van der Waals surface area contributed by atoms with E-state index in [1.807, 2.05) is 24.3 Å². The Morgan fingerprint density at radius 1 is 1.00 bits per heavy atom. The van der Waals surface area contributed by atoms with Gasteiger partial charge in [-0.1, -0.05) is 19.1 Å². The summed E-state index contributed by atoms with van der Waals surface area (Å²) in [5.74, 6) is 0.640. The highest BCUT2D eigenvalue weighted by Crippen LogP contribution is 2.28. The van der Waals surface area contributed by atoms with Gasteiger partial charge in [-0.15, -0.1) is 0 Å². The van der Waals surface area contributed by atoms with Gasteiger partial charge in [0.1, 0.15) is 19.0 Å². The van der Waals surface area contributed by atoms with Crippen LogP contribution in [0.3, 0.4) is 0 Å². The molecule has 0 unspecified atom stereocenters. The molecule has 0 fully saturated rings. The zero-order valence-corrected chi connectivity index (χ0v) is 13.2. The van der Waals surface area contributed by atoms with Crippen LogP contribution in [0.2, 0.25) is 0 Å². The third-order valence-electron chi connectivity index (χ3n) is 3.35. The first-order chi connectivity index (χ1) is 11.1. The van der Waals surface area contributed by atoms with Gasteiger partial charge >= 0.3 is 5.97 Å². The molecule has 0 radical (unpaired) electrons. The van der Waals surface area contributed by atoms with Crippen molar-refractivity contribution in [3.8, 4) is 17.2 Å². The highest BCUT2D eigenvalue weighted by molar-refractivity contribution is 5.88. The molecular formula is C18H20O5. The third kappa shape index (κ3) is 4.64. The molecule has 0 aliphatic rings. The molecule has 0 saturated carbocycles. The van der Waals surface area contributed by atoms with Gasteiger partial charge in [-0.25, -0.2) is 4.79 Å². The molecule has 0 aliphatic heterocycles. The first-order valence-corrected chi connectivity index (χ1v) is 7.40. The second-order valence-corrected chi connectivity index (χ2v) is 4.87. The van der Waals surface area contributed by atoms with E-state index in [1.54, 1.807) is 6.07 Å². The summed E-state index contributed by atoms with van der Waals surface area (Å²) in [4.78, 5) is 11.0. The molecule has 122 valence electrons. The molecule has 0 bridgehead atoms. The van der Waals surface area contributed by atoms with Crippen LogP contribution in [0.5, 0.6) is 17.2 Å². The summed E-state index contributed by atoms with van der Waals surface area (Å²) in [5, 5.41) is 9.01. The summed E-state index contributed by atoms with van der Waals surface area (Å²) in [5.41, 5.74) is 1.40. The van der Waals surface area contributed by atoms with E-state index in [2.05, 4.69) is 6.92 Å². The van der Waals surface area contributed by atoms with Crippen molar-refractivity contribution < 1.29 is 24.1 Å². The van der Waals surface area contributed by atoms with Crippen LogP contribution in [0.25, 0.3) is 0 Å². The van der Waals surface area contributed by atoms with Crippen LogP contribution in [0.4, 0.5) is 0 Å². The molecule has 0 aliphatic carbocycles. The summed E-state index contributed by atoms with van der Waals surface area (Å²) < 4.78 is 16.3. The van der Waals surface area contributed by atoms with Gasteiger partial charge in [-0.05, 0) is 42.3 Å². The number of hydrogen-bond acceptors (Lipinski definition) is 4. The fourth-order valence-electron chi connectivity index (χ4n) is 2.06. The smallest absolute Gasteiger partial charge is 0.335 e. The molecule has 2 rings (SSSR count). The average molecular weight is 316 g/mol. The summed E-state index contributed by atoms with van der Waals surface area (Å²) >= 11 is 0. The number of hydrogen-bond donors (Lipinski definition) is 1. The van der Waals surface area contributed by atoms with Crippen LogP contribution >= 0.6 is 0 Å². The first-order valence-electron chi connectivity index (χ1n) is 7.40. The zero-order valence-electron chi connectivity index (χ0n) is 13.2. The van der Waals surface area contributed by atoms with E-state index in [9.17, 15) is 4.79 Å². The van der Waals surface area contributed by atoms with Crippen molar-refractivity contribution in [1.29, 1.82) is 0 Å². The molecule has 0 atom stereocenters. The second-order valence-electron chi connectivity index (χ2n) is 4.87. The lowest BCUT2D eigenvalue weighted by Crippen LogP contribution is -2.10. The van der Waals surface area contributed by atoms with Crippen molar-refractivity contribution in [3.05, 3.63) is 53.6 Å². The van der Waals surface area contributed by atoms with Gasteiger partial charge in [-0.2, -0.15) is 0 Å². The van der Waals surface area contributed by atoms with Crippen LogP contribution in [0.1, 0.15) is 22.8 Å². The fourth-order valence-corrected chi connectivity index (χ4v) is 2.06. The summed E-state index contributed by atoms with van der Waals surface area (Å²) in [6.07, 6.45) is 0.989. The van der Waals surface area contributed by atoms with Gasteiger partial charge in [0, 0.05) is 0 Å². The van der Waals surface area contributed by atoms with E-state index >= 15 is 0 Å². The molecule has 5 nitrogen and oxygen atoms in total. The van der Waals surface area contributed by atoms with Crippen molar-refractivity contribution in [1.82, 2.24) is 0 Å². The Morgan fingerprint density at radius 3 is 2.30 bits per heavy atom. The van der Waals surface area contributed by atoms with Crippen molar-refractivity contribution in [2.75, 3.05) is 20.3 Å². The number of carboxylic acid groups (broad SMARTS) is 1. The number of carbonyl (C=O) groups is 1. The minimum Gasteiger partial charge on any atom is -0.493 e. The number of carboxylic acids is 1. The van der Waals surface area contributed by atoms with Gasteiger partial charge in [0.05, 0.1) is 12.7 Å². The van der Waals surface area contributed by atoms with Crippen molar-refractivity contribution in [3.63, 3.8) is 0 Å². The summed E-state index contributed by atoms with van der Waals surface area (Å²) in [6.45, 7) is 2.74. The molecule has 0 amide bonds. The van der Waals surface area contributed by atoms with Crippen molar-refractivity contribution >= 4 is 5.97 Å². The number of aryl methyl sites for hydroxylation is 1. The van der Waals surface area contributed by atoms with Crippen molar-refractivity contribution in [2.45, 2.75) is 13.3 Å². The highest BCUT2D eigenvalue weighted by Gasteiger charge is 2.10. The summed E-state index contributed by atoms with van der Waals surface area (Å²) in [7, 11) is 1.51. The normalized spacial score (nSPS) is 10.2. The summed E-state index contributed by atoms with van der Waals surface area (Å²) in [6, 6.07) is 12.4. The fraction of sp³-hybridized carbons (Fsp3) is 0.278. The van der Waals surface area contributed by atoms with E-state index in [4.69, 9.17) is 19.3 Å². The number of methoxy groups -OCH3 is 1. The van der Waals surface area contributed by atoms with Gasteiger partial charge in [0.2, 0.25) is 0 Å². The van der Waals surface area contributed by atoms with Crippen molar-refractivity contribution in [2.24, 2.45) is 0 Å². The quantitative estimate of drug-likeness (QED) is 0.756. The largest absolute Gasteiger partial charge is 0.493 e. The maximum atomic E-state index is 11.0. The molecule has 2 aromatic carbocycles. The van der Waals surface area contributed by atoms with E-state index in [1.165, 1.54) is 24.8 Å². The minimum absolute atomic E-state index is 0.150. The van der Waals surface area contributed by atoms with Gasteiger partial charge in [0.25, 0.3) is 0 Å². The first kappa shape index (κ1) is 16.7. The van der Waals surface area contributed by atoms with Crippen LogP contribution in [-0.2, 0) is 6.42 Å². The van der Waals surface area contributed by atoms with Crippen LogP contribution in [0, 0.1) is 0 Å². The molecule has 0 saturated heterocycles. The number of rotatable bonds is 8. The maximum Gasteiger partial charge on any atom is 0.335 e. The predicted molar refractivity (Wildman–Crippen MR) is 86.8 cm³/mol. The topological polar surface area (TPSA) is 65.0 Å². The van der Waals surface area contributed by atoms with E-state index in [0.717, 1.165) is 12.2 Å². The predicted octanol–water partition coefficient (Wildman–Crippen LogP) is 3.41. The lowest BCUT2D eigenvalue weighted by Gasteiger charge is -2.12. The van der Waals surface area contributed by atoms with E-state index in [-0.39, 0.29) is 12.2 Å². The Bertz CT molecular complexity index is 649. The van der Waals surface area contributed by atoms with Gasteiger partial charge in [-0.3, -0.25) is 0 Å². The molecule has 0 heterocycles. The van der Waals surface area contributed by atoms with Crippen LogP contribution in [0.15, 0.2) is 42.5 Å². The Labute approximate surface area is 135 Å². The molecule has 0 spiro atoms. The Kier molecular flexibility index (Phi) is 5.86. The lowest BCUT2D eigenvalue weighted by molar-refractivity contribution is 0.0696. The van der Waals surface area contributed by atoms with Gasteiger partial charge in [0.15, 0.2) is 11.5 Å². The Morgan fingerprint density at radius 2 is 1.70 bits per heavy atom. The highest BCUT2D eigenvalue weighted by atomic mass is 16.5. The maximum absolute atomic E-state index is 11.0. The average Bonchev–Trinajstić information content (AvgIpc) is 2.59. The Balaban J connectivity index is 1.89. The molecule has 23 heavy (non-hydrogen) atoms. The SMILES string of the molecule is CCc1ccc(OCCOc2cc(C(=O)O)ccc2OC)cc1. The standard InChI is InChI=1S/C18H20O5/c1-3-13-4-7-15(8-5-13)22-10-11-23-17-12-14(18(19)20)6-9-16(17)21-2/h4-9,12H,3,10-11H2,1-2H3,(H,19,20). The Hall–Kier alpha value is -2.69. The van der Waals surface area contributed by atoms with E-state index < -0.39 is 5.97 Å². The van der Waals surface area contributed by atoms with E-state index in [0.29, 0.717) is 18.1 Å². The van der Waals surface area contributed by atoms with Crippen LogP contribution < -0.4 is 14.2 Å². The molecule has 5 heteroatoms. The molecule has 1 N–H and O–H groups in total. The molecule has 0 aromatic heterocycles. The second kappa shape index (κ2) is 8.08. The minimum atomic E-state index is -1.01. The third-order valence-corrected chi connectivity index (χ3v) is 3.35. The number of ether oxygens (including phenoxy) is 3. The van der Waals surface area contributed by atoms with Gasteiger partial charge < -0.3 is 19.3 Å². The number of aromatic carboxylic acids is 1.